The molecule has 90 valence electrons. The van der Waals surface area contributed by atoms with Gasteiger partial charge in [-0.2, -0.15) is 5.10 Å². The number of H-pyrrole nitrogens is 1. The molecule has 0 spiro atoms. The highest BCUT2D eigenvalue weighted by atomic mass is 16.6. The van der Waals surface area contributed by atoms with Gasteiger partial charge in [-0.05, 0) is 32.1 Å². The van der Waals surface area contributed by atoms with Crippen molar-refractivity contribution in [2.75, 3.05) is 20.6 Å². The Hall–Kier alpha value is -1.95. The second-order valence-electron chi connectivity index (χ2n) is 4.26. The van der Waals surface area contributed by atoms with Gasteiger partial charge < -0.3 is 4.90 Å². The molecule has 0 atom stereocenters. The highest BCUT2D eigenvalue weighted by molar-refractivity contribution is 5.87. The fourth-order valence-electron chi connectivity index (χ4n) is 1.74. The maximum Gasteiger partial charge on any atom is 0.295 e. The molecule has 0 aliphatic heterocycles. The first-order valence-electron chi connectivity index (χ1n) is 5.33. The van der Waals surface area contributed by atoms with Gasteiger partial charge in [0.1, 0.15) is 5.52 Å². The number of rotatable bonds is 4. The summed E-state index contributed by atoms with van der Waals surface area (Å²) in [5, 5.41) is 18.2. The van der Waals surface area contributed by atoms with Crippen molar-refractivity contribution in [1.29, 1.82) is 0 Å². The zero-order valence-electron chi connectivity index (χ0n) is 9.80. The van der Waals surface area contributed by atoms with Crippen LogP contribution in [-0.4, -0.2) is 40.7 Å². The van der Waals surface area contributed by atoms with Gasteiger partial charge in [-0.25, -0.2) is 0 Å². The van der Waals surface area contributed by atoms with Crippen molar-refractivity contribution in [3.05, 3.63) is 34.0 Å². The fourth-order valence-corrected chi connectivity index (χ4v) is 1.74. The van der Waals surface area contributed by atoms with Crippen LogP contribution in [0.5, 0.6) is 0 Å². The van der Waals surface area contributed by atoms with Crippen molar-refractivity contribution in [3.63, 3.8) is 0 Å². The maximum absolute atomic E-state index is 11.0. The molecule has 0 unspecified atom stereocenters. The van der Waals surface area contributed by atoms with Crippen LogP contribution in [0.15, 0.2) is 18.3 Å². The van der Waals surface area contributed by atoms with E-state index in [1.54, 1.807) is 12.3 Å². The third-order valence-electron chi connectivity index (χ3n) is 2.63. The minimum Gasteiger partial charge on any atom is -0.309 e. The van der Waals surface area contributed by atoms with Gasteiger partial charge >= 0.3 is 0 Å². The lowest BCUT2D eigenvalue weighted by molar-refractivity contribution is -0.383. The summed E-state index contributed by atoms with van der Waals surface area (Å²) in [6.45, 7) is 0.862. The molecular formula is C11H14N4O2. The van der Waals surface area contributed by atoms with Crippen LogP contribution < -0.4 is 0 Å². The Morgan fingerprint density at radius 3 is 2.88 bits per heavy atom. The number of aromatic nitrogens is 2. The largest absolute Gasteiger partial charge is 0.309 e. The van der Waals surface area contributed by atoms with E-state index in [4.69, 9.17) is 0 Å². The number of benzene rings is 1. The molecular weight excluding hydrogens is 220 g/mol. The number of nitro groups is 1. The molecule has 6 nitrogen and oxygen atoms in total. The lowest BCUT2D eigenvalue weighted by atomic mass is 10.1. The molecule has 1 heterocycles. The zero-order valence-corrected chi connectivity index (χ0v) is 9.80. The van der Waals surface area contributed by atoms with Gasteiger partial charge in [0, 0.05) is 18.0 Å². The smallest absolute Gasteiger partial charge is 0.295 e. The predicted molar refractivity (Wildman–Crippen MR) is 65.0 cm³/mol. The van der Waals surface area contributed by atoms with Crippen molar-refractivity contribution in [2.24, 2.45) is 0 Å². The van der Waals surface area contributed by atoms with Crippen LogP contribution in [0.2, 0.25) is 0 Å². The third-order valence-corrected chi connectivity index (χ3v) is 2.63. The number of fused-ring (bicyclic) bond motifs is 1. The number of hydrogen-bond acceptors (Lipinski definition) is 4. The van der Waals surface area contributed by atoms with E-state index in [1.165, 1.54) is 0 Å². The average Bonchev–Trinajstić information content (AvgIpc) is 2.72. The van der Waals surface area contributed by atoms with Crippen molar-refractivity contribution < 1.29 is 4.92 Å². The molecule has 2 rings (SSSR count). The maximum atomic E-state index is 11.0. The Kier molecular flexibility index (Phi) is 3.06. The van der Waals surface area contributed by atoms with E-state index in [2.05, 4.69) is 10.2 Å². The highest BCUT2D eigenvalue weighted by Gasteiger charge is 2.15. The quantitative estimate of drug-likeness (QED) is 0.643. The molecule has 0 saturated heterocycles. The van der Waals surface area contributed by atoms with Crippen molar-refractivity contribution in [2.45, 2.75) is 6.42 Å². The summed E-state index contributed by atoms with van der Waals surface area (Å²) in [6.07, 6.45) is 2.40. The number of non-ortho nitro benzene ring substituents is 1. The van der Waals surface area contributed by atoms with E-state index < -0.39 is 0 Å². The van der Waals surface area contributed by atoms with Crippen LogP contribution in [0, 0.1) is 10.1 Å². The van der Waals surface area contributed by atoms with Crippen LogP contribution in [0.1, 0.15) is 5.56 Å². The van der Waals surface area contributed by atoms with Crippen LogP contribution in [-0.2, 0) is 6.42 Å². The Morgan fingerprint density at radius 2 is 2.24 bits per heavy atom. The summed E-state index contributed by atoms with van der Waals surface area (Å²) in [5.41, 5.74) is 1.54. The Morgan fingerprint density at radius 1 is 1.47 bits per heavy atom. The number of likely N-dealkylation sites (N-methyl/N-ethyl adjacent to an activating group) is 1. The molecule has 0 amide bonds. The summed E-state index contributed by atoms with van der Waals surface area (Å²) in [6, 6.07) is 3.55. The van der Waals surface area contributed by atoms with Crippen LogP contribution in [0.4, 0.5) is 5.69 Å². The summed E-state index contributed by atoms with van der Waals surface area (Å²) >= 11 is 0. The lowest BCUT2D eigenvalue weighted by Crippen LogP contribution is -2.15. The number of nitrogens with one attached hydrogen (secondary N) is 1. The highest BCUT2D eigenvalue weighted by Crippen LogP contribution is 2.25. The second kappa shape index (κ2) is 4.50. The first kappa shape index (κ1) is 11.5. The summed E-state index contributed by atoms with van der Waals surface area (Å²) in [4.78, 5) is 12.6. The SMILES string of the molecule is CN(C)CCc1cc([N+](=O)[O-])c2[nH]ncc2c1. The van der Waals surface area contributed by atoms with E-state index in [1.807, 2.05) is 25.1 Å². The first-order chi connectivity index (χ1) is 8.08. The van der Waals surface area contributed by atoms with E-state index in [0.717, 1.165) is 23.9 Å². The Balaban J connectivity index is 2.40. The average molecular weight is 234 g/mol. The van der Waals surface area contributed by atoms with Crippen molar-refractivity contribution in [3.8, 4) is 0 Å². The molecule has 0 bridgehead atoms. The van der Waals surface area contributed by atoms with Crippen LogP contribution in [0.3, 0.4) is 0 Å². The minimum atomic E-state index is -0.375. The fraction of sp³-hybridized carbons (Fsp3) is 0.364. The standard InChI is InChI=1S/C11H14N4O2/c1-14(2)4-3-8-5-9-7-12-13-11(9)10(6-8)15(16)17/h5-7H,3-4H2,1-2H3,(H,12,13). The van der Waals surface area contributed by atoms with E-state index in [9.17, 15) is 10.1 Å². The Bertz CT molecular complexity index is 547. The molecule has 1 aromatic carbocycles. The third kappa shape index (κ3) is 2.42. The molecule has 0 aliphatic carbocycles. The molecule has 1 N–H and O–H groups in total. The van der Waals surface area contributed by atoms with Crippen LogP contribution >= 0.6 is 0 Å². The molecule has 0 saturated carbocycles. The Labute approximate surface area is 98.4 Å². The van der Waals surface area contributed by atoms with Gasteiger partial charge in [-0.3, -0.25) is 15.2 Å². The lowest BCUT2D eigenvalue weighted by Gasteiger charge is -2.09. The van der Waals surface area contributed by atoms with Crippen LogP contribution in [0.25, 0.3) is 10.9 Å². The topological polar surface area (TPSA) is 75.1 Å². The van der Waals surface area contributed by atoms with Crippen molar-refractivity contribution >= 4 is 16.6 Å². The van der Waals surface area contributed by atoms with E-state index in [0.29, 0.717) is 5.52 Å². The van der Waals surface area contributed by atoms with Gasteiger partial charge in [-0.1, -0.05) is 0 Å². The molecule has 2 aromatic rings. The molecule has 0 aliphatic rings. The van der Waals surface area contributed by atoms with Gasteiger partial charge in [0.25, 0.3) is 5.69 Å². The number of nitro benzene ring substituents is 1. The molecule has 1 aromatic heterocycles. The van der Waals surface area contributed by atoms with Gasteiger partial charge in [-0.15, -0.1) is 0 Å². The van der Waals surface area contributed by atoms with E-state index in [-0.39, 0.29) is 10.6 Å². The summed E-state index contributed by atoms with van der Waals surface area (Å²) in [5.74, 6) is 0. The molecule has 6 heteroatoms. The zero-order chi connectivity index (χ0) is 12.4. The monoisotopic (exact) mass is 234 g/mol. The number of aromatic amines is 1. The van der Waals surface area contributed by atoms with Gasteiger partial charge in [0.15, 0.2) is 0 Å². The number of nitrogens with zero attached hydrogens (tertiary/aromatic N) is 3. The van der Waals surface area contributed by atoms with Gasteiger partial charge in [0.05, 0.1) is 11.1 Å². The predicted octanol–water partition coefficient (Wildman–Crippen LogP) is 1.58. The minimum absolute atomic E-state index is 0.0914. The first-order valence-corrected chi connectivity index (χ1v) is 5.33. The van der Waals surface area contributed by atoms with Crippen molar-refractivity contribution in [1.82, 2.24) is 15.1 Å². The van der Waals surface area contributed by atoms with E-state index >= 15 is 0 Å². The molecule has 17 heavy (non-hydrogen) atoms. The molecule has 0 fully saturated rings. The summed E-state index contributed by atoms with van der Waals surface area (Å²) in [7, 11) is 3.95. The second-order valence-corrected chi connectivity index (χ2v) is 4.26. The summed E-state index contributed by atoms with van der Waals surface area (Å²) < 4.78 is 0. The molecule has 0 radical (unpaired) electrons. The number of hydrogen-bond donors (Lipinski definition) is 1. The van der Waals surface area contributed by atoms with Gasteiger partial charge in [0.2, 0.25) is 0 Å². The normalized spacial score (nSPS) is 11.2.